The lowest BCUT2D eigenvalue weighted by Crippen LogP contribution is -2.54. The van der Waals surface area contributed by atoms with E-state index in [-0.39, 0.29) is 10.9 Å². The standard InChI is InChI=1S/C24H28ClF3N4O/c1-16-4-3-5-17(2)21(16)23(33)32-8-6-19(7-9-32)30-10-12-31(13-11-30)22-20(25)14-18(15-29-22)24(26,27)28/h3-5,14-15,19H,6-13H2,1-2H3. The number of aromatic nitrogens is 1. The zero-order valence-corrected chi connectivity index (χ0v) is 19.6. The number of halogens is 4. The van der Waals surface area contributed by atoms with Gasteiger partial charge in [0.15, 0.2) is 0 Å². The van der Waals surface area contributed by atoms with E-state index in [0.29, 0.717) is 24.9 Å². The highest BCUT2D eigenvalue weighted by molar-refractivity contribution is 6.33. The van der Waals surface area contributed by atoms with E-state index in [2.05, 4.69) is 9.88 Å². The fraction of sp³-hybridized carbons (Fsp3) is 0.500. The zero-order chi connectivity index (χ0) is 23.8. The molecule has 0 radical (unpaired) electrons. The number of piperazine rings is 1. The molecule has 1 amide bonds. The van der Waals surface area contributed by atoms with Gasteiger partial charge < -0.3 is 9.80 Å². The maximum atomic E-state index is 13.1. The predicted octanol–water partition coefficient (Wildman–Crippen LogP) is 4.80. The Morgan fingerprint density at radius 3 is 2.18 bits per heavy atom. The molecule has 2 saturated heterocycles. The molecule has 2 aromatic rings. The van der Waals surface area contributed by atoms with Crippen LogP contribution in [-0.4, -0.2) is 66.0 Å². The van der Waals surface area contributed by atoms with Gasteiger partial charge in [-0.05, 0) is 43.9 Å². The average molecular weight is 481 g/mol. The number of piperidine rings is 1. The van der Waals surface area contributed by atoms with Crippen molar-refractivity contribution in [3.05, 3.63) is 57.7 Å². The summed E-state index contributed by atoms with van der Waals surface area (Å²) < 4.78 is 38.6. The molecule has 0 bridgehead atoms. The molecule has 0 N–H and O–H groups in total. The van der Waals surface area contributed by atoms with Crippen LogP contribution in [0.25, 0.3) is 0 Å². The van der Waals surface area contributed by atoms with Crippen LogP contribution in [0.2, 0.25) is 5.02 Å². The molecule has 0 aliphatic carbocycles. The number of hydrogen-bond donors (Lipinski definition) is 0. The second-order valence-electron chi connectivity index (χ2n) is 8.84. The number of carbonyl (C=O) groups is 1. The van der Waals surface area contributed by atoms with Crippen LogP contribution >= 0.6 is 11.6 Å². The summed E-state index contributed by atoms with van der Waals surface area (Å²) in [5.74, 6) is 0.509. The SMILES string of the molecule is Cc1cccc(C)c1C(=O)N1CCC(N2CCN(c3ncc(C(F)(F)F)cc3Cl)CC2)CC1. The Kier molecular flexibility index (Phi) is 6.86. The van der Waals surface area contributed by atoms with Crippen LogP contribution in [0.1, 0.15) is 39.9 Å². The van der Waals surface area contributed by atoms with E-state index in [0.717, 1.165) is 68.0 Å². The van der Waals surface area contributed by atoms with E-state index in [1.54, 1.807) is 0 Å². The van der Waals surface area contributed by atoms with Gasteiger partial charge >= 0.3 is 6.18 Å². The molecule has 2 fully saturated rings. The van der Waals surface area contributed by atoms with Gasteiger partial charge in [-0.25, -0.2) is 4.98 Å². The Bertz CT molecular complexity index is 993. The molecule has 178 valence electrons. The van der Waals surface area contributed by atoms with Gasteiger partial charge in [-0.3, -0.25) is 9.69 Å². The smallest absolute Gasteiger partial charge is 0.353 e. The van der Waals surface area contributed by atoms with E-state index in [1.807, 2.05) is 41.8 Å². The average Bonchev–Trinajstić information content (AvgIpc) is 2.78. The van der Waals surface area contributed by atoms with E-state index in [4.69, 9.17) is 11.6 Å². The summed E-state index contributed by atoms with van der Waals surface area (Å²) >= 11 is 6.12. The molecular weight excluding hydrogens is 453 g/mol. The van der Waals surface area contributed by atoms with Crippen molar-refractivity contribution in [1.82, 2.24) is 14.8 Å². The number of likely N-dealkylation sites (tertiary alicyclic amines) is 1. The van der Waals surface area contributed by atoms with E-state index in [1.165, 1.54) is 0 Å². The lowest BCUT2D eigenvalue weighted by atomic mass is 9.98. The van der Waals surface area contributed by atoms with Crippen molar-refractivity contribution < 1.29 is 18.0 Å². The molecule has 2 aliphatic rings. The molecule has 0 saturated carbocycles. The lowest BCUT2D eigenvalue weighted by Gasteiger charge is -2.43. The van der Waals surface area contributed by atoms with Crippen LogP contribution < -0.4 is 4.90 Å². The third-order valence-electron chi connectivity index (χ3n) is 6.73. The Morgan fingerprint density at radius 1 is 1.03 bits per heavy atom. The predicted molar refractivity (Wildman–Crippen MR) is 123 cm³/mol. The fourth-order valence-electron chi connectivity index (χ4n) is 4.86. The van der Waals surface area contributed by atoms with E-state index < -0.39 is 11.7 Å². The summed E-state index contributed by atoms with van der Waals surface area (Å²) in [4.78, 5) is 23.4. The summed E-state index contributed by atoms with van der Waals surface area (Å²) in [6.45, 7) is 8.28. The van der Waals surface area contributed by atoms with Gasteiger partial charge in [0.1, 0.15) is 5.82 Å². The van der Waals surface area contributed by atoms with Gasteiger partial charge in [-0.2, -0.15) is 13.2 Å². The monoisotopic (exact) mass is 480 g/mol. The first kappa shape index (κ1) is 23.8. The second-order valence-corrected chi connectivity index (χ2v) is 9.25. The minimum Gasteiger partial charge on any atom is -0.353 e. The third-order valence-corrected chi connectivity index (χ3v) is 7.00. The Balaban J connectivity index is 1.31. The maximum Gasteiger partial charge on any atom is 0.417 e. The fourth-order valence-corrected chi connectivity index (χ4v) is 5.15. The van der Waals surface area contributed by atoms with Crippen LogP contribution in [0.5, 0.6) is 0 Å². The first-order chi connectivity index (χ1) is 15.6. The van der Waals surface area contributed by atoms with Gasteiger partial charge in [0, 0.05) is 57.1 Å². The second kappa shape index (κ2) is 9.50. The number of anilines is 1. The number of nitrogens with zero attached hydrogens (tertiary/aromatic N) is 4. The Labute approximate surface area is 197 Å². The van der Waals surface area contributed by atoms with E-state index >= 15 is 0 Å². The molecule has 0 spiro atoms. The first-order valence-electron chi connectivity index (χ1n) is 11.2. The number of carbonyl (C=O) groups excluding carboxylic acids is 1. The molecule has 1 aromatic carbocycles. The molecule has 4 rings (SSSR count). The van der Waals surface area contributed by atoms with Crippen LogP contribution in [0.15, 0.2) is 30.5 Å². The van der Waals surface area contributed by atoms with Crippen LogP contribution in [0, 0.1) is 13.8 Å². The Hall–Kier alpha value is -2.32. The van der Waals surface area contributed by atoms with Crippen LogP contribution in [0.3, 0.4) is 0 Å². The van der Waals surface area contributed by atoms with Gasteiger partial charge in [0.05, 0.1) is 10.6 Å². The Morgan fingerprint density at radius 2 is 1.64 bits per heavy atom. The van der Waals surface area contributed by atoms with Gasteiger partial charge in [0.2, 0.25) is 0 Å². The van der Waals surface area contributed by atoms with Crippen molar-refractivity contribution in [3.63, 3.8) is 0 Å². The number of pyridine rings is 1. The summed E-state index contributed by atoms with van der Waals surface area (Å²) in [6, 6.07) is 7.26. The van der Waals surface area contributed by atoms with Crippen molar-refractivity contribution in [2.75, 3.05) is 44.2 Å². The largest absolute Gasteiger partial charge is 0.417 e. The minimum atomic E-state index is -4.46. The lowest BCUT2D eigenvalue weighted by molar-refractivity contribution is -0.137. The summed E-state index contributed by atoms with van der Waals surface area (Å²) in [5, 5.41) is 0.0246. The molecule has 0 atom stereocenters. The molecule has 3 heterocycles. The number of benzene rings is 1. The highest BCUT2D eigenvalue weighted by atomic mass is 35.5. The summed E-state index contributed by atoms with van der Waals surface area (Å²) in [6.07, 6.45) is -1.79. The molecular formula is C24H28ClF3N4O. The summed E-state index contributed by atoms with van der Waals surface area (Å²) in [7, 11) is 0. The molecule has 0 unspecified atom stereocenters. The quantitative estimate of drug-likeness (QED) is 0.633. The third kappa shape index (κ3) is 5.11. The maximum absolute atomic E-state index is 13.1. The topological polar surface area (TPSA) is 39.7 Å². The van der Waals surface area contributed by atoms with Gasteiger partial charge in [0.25, 0.3) is 5.91 Å². The van der Waals surface area contributed by atoms with Gasteiger partial charge in [-0.15, -0.1) is 0 Å². The van der Waals surface area contributed by atoms with Gasteiger partial charge in [-0.1, -0.05) is 29.8 Å². The molecule has 2 aliphatic heterocycles. The number of aryl methyl sites for hydroxylation is 2. The van der Waals surface area contributed by atoms with E-state index in [9.17, 15) is 18.0 Å². The summed E-state index contributed by atoms with van der Waals surface area (Å²) in [5.41, 5.74) is 1.99. The molecule has 5 nitrogen and oxygen atoms in total. The number of amides is 1. The van der Waals surface area contributed by atoms with Crippen molar-refractivity contribution in [1.29, 1.82) is 0 Å². The minimum absolute atomic E-state index is 0.0246. The highest BCUT2D eigenvalue weighted by Crippen LogP contribution is 2.34. The van der Waals surface area contributed by atoms with Crippen molar-refractivity contribution in [2.24, 2.45) is 0 Å². The molecule has 9 heteroatoms. The van der Waals surface area contributed by atoms with Crippen LogP contribution in [-0.2, 0) is 6.18 Å². The van der Waals surface area contributed by atoms with Crippen molar-refractivity contribution >= 4 is 23.3 Å². The number of rotatable bonds is 3. The van der Waals surface area contributed by atoms with Crippen molar-refractivity contribution in [3.8, 4) is 0 Å². The van der Waals surface area contributed by atoms with Crippen molar-refractivity contribution in [2.45, 2.75) is 38.9 Å². The zero-order valence-electron chi connectivity index (χ0n) is 18.8. The number of alkyl halides is 3. The molecule has 1 aromatic heterocycles. The first-order valence-corrected chi connectivity index (χ1v) is 11.6. The normalized spacial score (nSPS) is 18.6. The molecule has 33 heavy (non-hydrogen) atoms. The van der Waals surface area contributed by atoms with Crippen LogP contribution in [0.4, 0.5) is 19.0 Å². The highest BCUT2D eigenvalue weighted by Gasteiger charge is 2.33. The number of hydrogen-bond acceptors (Lipinski definition) is 4.